The zero-order valence-corrected chi connectivity index (χ0v) is 12.4. The molecule has 1 heterocycles. The van der Waals surface area contributed by atoms with Crippen LogP contribution in [-0.4, -0.2) is 37.7 Å². The number of halogens is 1. The highest BCUT2D eigenvalue weighted by Gasteiger charge is 2.20. The van der Waals surface area contributed by atoms with Crippen molar-refractivity contribution >= 4 is 0 Å². The standard InChI is InChI=1S/C16H25FN2O/c1-12-5-6-13(10-15(12)17)16(18)7-9-19-8-3-4-14(11-19)20-2/h5-6,10,14,16H,3-4,7-9,11,18H2,1-2H3. The van der Waals surface area contributed by atoms with Gasteiger partial charge in [-0.25, -0.2) is 4.39 Å². The number of hydrogen-bond donors (Lipinski definition) is 1. The van der Waals surface area contributed by atoms with E-state index in [1.807, 2.05) is 6.07 Å². The smallest absolute Gasteiger partial charge is 0.126 e. The van der Waals surface area contributed by atoms with E-state index in [1.54, 1.807) is 26.2 Å². The van der Waals surface area contributed by atoms with Gasteiger partial charge in [0.05, 0.1) is 6.10 Å². The van der Waals surface area contributed by atoms with Crippen molar-refractivity contribution in [1.29, 1.82) is 0 Å². The lowest BCUT2D eigenvalue weighted by Gasteiger charge is -2.32. The van der Waals surface area contributed by atoms with Gasteiger partial charge < -0.3 is 15.4 Å². The van der Waals surface area contributed by atoms with E-state index in [9.17, 15) is 4.39 Å². The molecule has 1 saturated heterocycles. The van der Waals surface area contributed by atoms with Crippen LogP contribution < -0.4 is 5.73 Å². The van der Waals surface area contributed by atoms with Crippen molar-refractivity contribution in [2.75, 3.05) is 26.7 Å². The Kier molecular flexibility index (Phi) is 5.52. The third kappa shape index (κ3) is 4.01. The molecule has 1 aliphatic rings. The van der Waals surface area contributed by atoms with E-state index >= 15 is 0 Å². The van der Waals surface area contributed by atoms with E-state index in [1.165, 1.54) is 6.42 Å². The maximum atomic E-state index is 13.5. The summed E-state index contributed by atoms with van der Waals surface area (Å²) in [7, 11) is 1.77. The summed E-state index contributed by atoms with van der Waals surface area (Å²) in [4.78, 5) is 2.39. The molecule has 2 atom stereocenters. The van der Waals surface area contributed by atoms with Crippen LogP contribution in [0.1, 0.15) is 36.4 Å². The number of rotatable bonds is 5. The van der Waals surface area contributed by atoms with Crippen LogP contribution >= 0.6 is 0 Å². The molecule has 112 valence electrons. The molecule has 2 rings (SSSR count). The second kappa shape index (κ2) is 7.16. The molecule has 4 heteroatoms. The van der Waals surface area contributed by atoms with E-state index in [-0.39, 0.29) is 11.9 Å². The Morgan fingerprint density at radius 3 is 3.00 bits per heavy atom. The van der Waals surface area contributed by atoms with Gasteiger partial charge in [0.15, 0.2) is 0 Å². The fourth-order valence-electron chi connectivity index (χ4n) is 2.74. The maximum absolute atomic E-state index is 13.5. The monoisotopic (exact) mass is 280 g/mol. The molecule has 0 aromatic heterocycles. The molecule has 0 bridgehead atoms. The number of nitrogens with two attached hydrogens (primary N) is 1. The molecule has 0 aliphatic carbocycles. The Balaban J connectivity index is 1.85. The second-order valence-electron chi connectivity index (χ2n) is 5.70. The quantitative estimate of drug-likeness (QED) is 0.901. The minimum absolute atomic E-state index is 0.104. The third-order valence-electron chi connectivity index (χ3n) is 4.18. The highest BCUT2D eigenvalue weighted by Crippen LogP contribution is 2.19. The number of methoxy groups -OCH3 is 1. The van der Waals surface area contributed by atoms with Gasteiger partial charge in [0.1, 0.15) is 5.82 Å². The SMILES string of the molecule is COC1CCCN(CCC(N)c2ccc(C)c(F)c2)C1. The van der Waals surface area contributed by atoms with E-state index in [4.69, 9.17) is 10.5 Å². The summed E-state index contributed by atoms with van der Waals surface area (Å²) in [6.45, 7) is 4.79. The van der Waals surface area contributed by atoms with Crippen LogP contribution in [0.2, 0.25) is 0 Å². The highest BCUT2D eigenvalue weighted by atomic mass is 19.1. The van der Waals surface area contributed by atoms with E-state index in [0.717, 1.165) is 38.0 Å². The predicted molar refractivity (Wildman–Crippen MR) is 79.2 cm³/mol. The molecule has 1 aliphatic heterocycles. The second-order valence-corrected chi connectivity index (χ2v) is 5.70. The molecule has 0 spiro atoms. The maximum Gasteiger partial charge on any atom is 0.126 e. The number of aryl methyl sites for hydroxylation is 1. The Labute approximate surface area is 120 Å². The number of likely N-dealkylation sites (tertiary alicyclic amines) is 1. The van der Waals surface area contributed by atoms with E-state index in [0.29, 0.717) is 11.7 Å². The number of hydrogen-bond acceptors (Lipinski definition) is 3. The van der Waals surface area contributed by atoms with Crippen LogP contribution in [0, 0.1) is 12.7 Å². The molecule has 2 unspecified atom stereocenters. The molecule has 20 heavy (non-hydrogen) atoms. The Morgan fingerprint density at radius 2 is 2.30 bits per heavy atom. The van der Waals surface area contributed by atoms with Crippen molar-refractivity contribution in [3.63, 3.8) is 0 Å². The predicted octanol–water partition coefficient (Wildman–Crippen LogP) is 2.63. The van der Waals surface area contributed by atoms with Gasteiger partial charge >= 0.3 is 0 Å². The van der Waals surface area contributed by atoms with Crippen molar-refractivity contribution in [1.82, 2.24) is 4.90 Å². The van der Waals surface area contributed by atoms with Gasteiger partial charge in [-0.15, -0.1) is 0 Å². The zero-order valence-electron chi connectivity index (χ0n) is 12.4. The van der Waals surface area contributed by atoms with Crippen LogP contribution in [0.5, 0.6) is 0 Å². The molecule has 3 nitrogen and oxygen atoms in total. The largest absolute Gasteiger partial charge is 0.380 e. The molecular formula is C16H25FN2O. The number of benzene rings is 1. The summed E-state index contributed by atoms with van der Waals surface area (Å²) in [5.41, 5.74) is 7.72. The molecule has 0 amide bonds. The zero-order chi connectivity index (χ0) is 14.5. The van der Waals surface area contributed by atoms with Gasteiger partial charge in [-0.3, -0.25) is 0 Å². The average Bonchev–Trinajstić information content (AvgIpc) is 2.47. The Morgan fingerprint density at radius 1 is 1.50 bits per heavy atom. The first kappa shape index (κ1) is 15.4. The number of ether oxygens (including phenoxy) is 1. The van der Waals surface area contributed by atoms with Gasteiger partial charge in [-0.05, 0) is 49.9 Å². The van der Waals surface area contributed by atoms with Gasteiger partial charge in [-0.1, -0.05) is 12.1 Å². The topological polar surface area (TPSA) is 38.5 Å². The molecule has 0 radical (unpaired) electrons. The van der Waals surface area contributed by atoms with Crippen molar-refractivity contribution in [3.8, 4) is 0 Å². The lowest BCUT2D eigenvalue weighted by molar-refractivity contribution is 0.0305. The summed E-state index contributed by atoms with van der Waals surface area (Å²) in [5, 5.41) is 0. The van der Waals surface area contributed by atoms with Crippen LogP contribution in [-0.2, 0) is 4.74 Å². The minimum atomic E-state index is -0.171. The summed E-state index contributed by atoms with van der Waals surface area (Å²) >= 11 is 0. The molecule has 1 aromatic rings. The van der Waals surface area contributed by atoms with Gasteiger partial charge in [0.25, 0.3) is 0 Å². The minimum Gasteiger partial charge on any atom is -0.380 e. The fourth-order valence-corrected chi connectivity index (χ4v) is 2.74. The highest BCUT2D eigenvalue weighted by molar-refractivity contribution is 5.25. The van der Waals surface area contributed by atoms with Crippen molar-refractivity contribution < 1.29 is 9.13 Å². The normalized spacial score (nSPS) is 21.9. The van der Waals surface area contributed by atoms with E-state index < -0.39 is 0 Å². The Bertz CT molecular complexity index is 438. The van der Waals surface area contributed by atoms with Gasteiger partial charge in [-0.2, -0.15) is 0 Å². The molecule has 1 fully saturated rings. The first-order valence-corrected chi connectivity index (χ1v) is 7.37. The summed E-state index contributed by atoms with van der Waals surface area (Å²) < 4.78 is 19.0. The van der Waals surface area contributed by atoms with Crippen LogP contribution in [0.4, 0.5) is 4.39 Å². The van der Waals surface area contributed by atoms with Crippen LogP contribution in [0.15, 0.2) is 18.2 Å². The first-order valence-electron chi connectivity index (χ1n) is 7.37. The lowest BCUT2D eigenvalue weighted by Crippen LogP contribution is -2.40. The van der Waals surface area contributed by atoms with Crippen LogP contribution in [0.25, 0.3) is 0 Å². The van der Waals surface area contributed by atoms with Gasteiger partial charge in [0.2, 0.25) is 0 Å². The third-order valence-corrected chi connectivity index (χ3v) is 4.18. The number of nitrogens with zero attached hydrogens (tertiary/aromatic N) is 1. The summed E-state index contributed by atoms with van der Waals surface area (Å²) in [6.07, 6.45) is 3.51. The first-order chi connectivity index (χ1) is 9.60. The van der Waals surface area contributed by atoms with E-state index in [2.05, 4.69) is 4.90 Å². The fraction of sp³-hybridized carbons (Fsp3) is 0.625. The van der Waals surface area contributed by atoms with Crippen LogP contribution in [0.3, 0.4) is 0 Å². The molecular weight excluding hydrogens is 255 g/mol. The lowest BCUT2D eigenvalue weighted by atomic mass is 10.0. The Hall–Kier alpha value is -0.970. The molecule has 2 N–H and O–H groups in total. The van der Waals surface area contributed by atoms with Crippen molar-refractivity contribution in [2.24, 2.45) is 5.73 Å². The summed E-state index contributed by atoms with van der Waals surface area (Å²) in [6, 6.07) is 5.19. The summed E-state index contributed by atoms with van der Waals surface area (Å²) in [5.74, 6) is -0.171. The molecule has 0 saturated carbocycles. The molecule has 1 aromatic carbocycles. The van der Waals surface area contributed by atoms with Gasteiger partial charge in [0, 0.05) is 26.2 Å². The van der Waals surface area contributed by atoms with Crippen molar-refractivity contribution in [2.45, 2.75) is 38.3 Å². The van der Waals surface area contributed by atoms with Crippen molar-refractivity contribution in [3.05, 3.63) is 35.1 Å². The number of piperidine rings is 1. The average molecular weight is 280 g/mol.